The molecule has 0 spiro atoms. The van der Waals surface area contributed by atoms with Crippen molar-refractivity contribution in [2.45, 2.75) is 45.1 Å². The van der Waals surface area contributed by atoms with Gasteiger partial charge in [-0.2, -0.15) is 0 Å². The minimum atomic E-state index is -0.779. The summed E-state index contributed by atoms with van der Waals surface area (Å²) in [6.07, 6.45) is 5.45. The largest absolute Gasteiger partial charge is 0.384 e. The van der Waals surface area contributed by atoms with Crippen LogP contribution in [0, 0.1) is 11.8 Å². The summed E-state index contributed by atoms with van der Waals surface area (Å²) in [7, 11) is 0. The van der Waals surface area contributed by atoms with E-state index in [0.29, 0.717) is 6.54 Å². The molecule has 1 aliphatic carbocycles. The van der Waals surface area contributed by atoms with Gasteiger partial charge in [-0.25, -0.2) is 0 Å². The zero-order chi connectivity index (χ0) is 13.7. The summed E-state index contributed by atoms with van der Waals surface area (Å²) in [5.74, 6) is 1.60. The molecule has 2 rings (SSSR count). The molecule has 2 heteroatoms. The maximum absolute atomic E-state index is 10.5. The van der Waals surface area contributed by atoms with Crippen LogP contribution in [0.1, 0.15) is 45.1 Å². The van der Waals surface area contributed by atoms with Gasteiger partial charge >= 0.3 is 0 Å². The van der Waals surface area contributed by atoms with Crippen molar-refractivity contribution < 1.29 is 5.11 Å². The van der Waals surface area contributed by atoms with Crippen LogP contribution < -0.4 is 5.32 Å². The van der Waals surface area contributed by atoms with Crippen molar-refractivity contribution in [2.24, 2.45) is 11.8 Å². The van der Waals surface area contributed by atoms with Crippen LogP contribution in [0.15, 0.2) is 30.3 Å². The first-order valence-electron chi connectivity index (χ1n) is 7.58. The number of benzene rings is 1. The maximum Gasteiger partial charge on any atom is 0.0992 e. The maximum atomic E-state index is 10.5. The second-order valence-electron chi connectivity index (χ2n) is 6.29. The Balaban J connectivity index is 1.81. The van der Waals surface area contributed by atoms with Gasteiger partial charge in [-0.3, -0.25) is 0 Å². The van der Waals surface area contributed by atoms with Crippen LogP contribution in [-0.2, 0) is 5.60 Å². The monoisotopic (exact) mass is 261 g/mol. The van der Waals surface area contributed by atoms with Gasteiger partial charge in [0, 0.05) is 6.54 Å². The standard InChI is InChI=1S/C17H27NO/c1-14-8-6-7-9-15(14)12-18-13-17(2,19)16-10-4-3-5-11-16/h3-5,10-11,14-15,18-19H,6-9,12-13H2,1-2H3. The van der Waals surface area contributed by atoms with Gasteiger partial charge in [0.05, 0.1) is 5.60 Å². The van der Waals surface area contributed by atoms with E-state index in [-0.39, 0.29) is 0 Å². The normalized spacial score (nSPS) is 26.9. The second-order valence-corrected chi connectivity index (χ2v) is 6.29. The lowest BCUT2D eigenvalue weighted by Crippen LogP contribution is -2.39. The molecule has 3 atom stereocenters. The molecule has 1 aromatic rings. The van der Waals surface area contributed by atoms with E-state index >= 15 is 0 Å². The molecule has 1 fully saturated rings. The third-order valence-corrected chi connectivity index (χ3v) is 4.56. The molecule has 1 saturated carbocycles. The summed E-state index contributed by atoms with van der Waals surface area (Å²) in [4.78, 5) is 0. The third-order valence-electron chi connectivity index (χ3n) is 4.56. The molecule has 0 amide bonds. The highest BCUT2D eigenvalue weighted by molar-refractivity contribution is 5.21. The van der Waals surface area contributed by atoms with Crippen molar-refractivity contribution in [1.82, 2.24) is 5.32 Å². The number of rotatable bonds is 5. The Morgan fingerprint density at radius 3 is 2.58 bits per heavy atom. The molecule has 3 unspecified atom stereocenters. The van der Waals surface area contributed by atoms with Gasteiger partial charge in [0.2, 0.25) is 0 Å². The minimum Gasteiger partial charge on any atom is -0.384 e. The summed E-state index contributed by atoms with van der Waals surface area (Å²) < 4.78 is 0. The van der Waals surface area contributed by atoms with Gasteiger partial charge in [-0.05, 0) is 37.3 Å². The summed E-state index contributed by atoms with van der Waals surface area (Å²) in [6, 6.07) is 9.92. The van der Waals surface area contributed by atoms with Crippen molar-refractivity contribution in [3.63, 3.8) is 0 Å². The van der Waals surface area contributed by atoms with Crippen LogP contribution in [0.5, 0.6) is 0 Å². The molecule has 0 saturated heterocycles. The van der Waals surface area contributed by atoms with E-state index < -0.39 is 5.60 Å². The van der Waals surface area contributed by atoms with Crippen molar-refractivity contribution in [3.05, 3.63) is 35.9 Å². The molecule has 0 bridgehead atoms. The van der Waals surface area contributed by atoms with Gasteiger partial charge in [0.25, 0.3) is 0 Å². The predicted octanol–water partition coefficient (Wildman–Crippen LogP) is 3.31. The SMILES string of the molecule is CC1CCCCC1CNCC(C)(O)c1ccccc1. The smallest absolute Gasteiger partial charge is 0.0992 e. The Labute approximate surface area is 117 Å². The third kappa shape index (κ3) is 4.05. The fraction of sp³-hybridized carbons (Fsp3) is 0.647. The number of aliphatic hydroxyl groups is 1. The Morgan fingerprint density at radius 2 is 1.89 bits per heavy atom. The molecule has 1 aliphatic rings. The first-order chi connectivity index (χ1) is 9.09. The lowest BCUT2D eigenvalue weighted by molar-refractivity contribution is 0.0544. The number of nitrogens with one attached hydrogen (secondary N) is 1. The summed E-state index contributed by atoms with van der Waals surface area (Å²) in [5.41, 5.74) is 0.207. The summed E-state index contributed by atoms with van der Waals surface area (Å²) >= 11 is 0. The van der Waals surface area contributed by atoms with E-state index in [0.717, 1.165) is 23.9 Å². The summed E-state index contributed by atoms with van der Waals surface area (Å²) in [5, 5.41) is 14.0. The van der Waals surface area contributed by atoms with Gasteiger partial charge < -0.3 is 10.4 Å². The highest BCUT2D eigenvalue weighted by Gasteiger charge is 2.25. The van der Waals surface area contributed by atoms with E-state index in [1.807, 2.05) is 37.3 Å². The molecule has 0 aromatic heterocycles. The molecule has 2 N–H and O–H groups in total. The van der Waals surface area contributed by atoms with Crippen molar-refractivity contribution in [3.8, 4) is 0 Å². The summed E-state index contributed by atoms with van der Waals surface area (Å²) in [6.45, 7) is 5.91. The second kappa shape index (κ2) is 6.53. The van der Waals surface area contributed by atoms with Gasteiger partial charge in [-0.15, -0.1) is 0 Å². The van der Waals surface area contributed by atoms with Gasteiger partial charge in [0.1, 0.15) is 0 Å². The average Bonchev–Trinajstić information content (AvgIpc) is 2.42. The molecule has 0 radical (unpaired) electrons. The Kier molecular flexibility index (Phi) is 5.00. The fourth-order valence-electron chi connectivity index (χ4n) is 3.10. The van der Waals surface area contributed by atoms with Crippen LogP contribution >= 0.6 is 0 Å². The van der Waals surface area contributed by atoms with Crippen LogP contribution in [-0.4, -0.2) is 18.2 Å². The highest BCUT2D eigenvalue weighted by atomic mass is 16.3. The van der Waals surface area contributed by atoms with E-state index in [1.165, 1.54) is 25.7 Å². The van der Waals surface area contributed by atoms with Gasteiger partial charge in [-0.1, -0.05) is 56.5 Å². The van der Waals surface area contributed by atoms with Crippen LogP contribution in [0.2, 0.25) is 0 Å². The quantitative estimate of drug-likeness (QED) is 0.852. The highest BCUT2D eigenvalue weighted by Crippen LogP contribution is 2.29. The van der Waals surface area contributed by atoms with Crippen molar-refractivity contribution in [1.29, 1.82) is 0 Å². The number of hydrogen-bond acceptors (Lipinski definition) is 2. The Bertz CT molecular complexity index is 374. The molecular weight excluding hydrogens is 234 g/mol. The van der Waals surface area contributed by atoms with E-state index in [9.17, 15) is 5.11 Å². The molecule has 19 heavy (non-hydrogen) atoms. The topological polar surface area (TPSA) is 32.3 Å². The minimum absolute atomic E-state index is 0.625. The Hall–Kier alpha value is -0.860. The zero-order valence-corrected chi connectivity index (χ0v) is 12.2. The lowest BCUT2D eigenvalue weighted by atomic mass is 9.80. The Morgan fingerprint density at radius 1 is 1.21 bits per heavy atom. The average molecular weight is 261 g/mol. The van der Waals surface area contributed by atoms with Gasteiger partial charge in [0.15, 0.2) is 0 Å². The first-order valence-corrected chi connectivity index (χ1v) is 7.58. The molecular formula is C17H27NO. The molecule has 0 aliphatic heterocycles. The molecule has 0 heterocycles. The van der Waals surface area contributed by atoms with E-state index in [4.69, 9.17) is 0 Å². The van der Waals surface area contributed by atoms with Crippen LogP contribution in [0.25, 0.3) is 0 Å². The first kappa shape index (κ1) is 14.5. The molecule has 106 valence electrons. The van der Waals surface area contributed by atoms with Crippen LogP contribution in [0.4, 0.5) is 0 Å². The zero-order valence-electron chi connectivity index (χ0n) is 12.2. The fourth-order valence-corrected chi connectivity index (χ4v) is 3.10. The predicted molar refractivity (Wildman–Crippen MR) is 80.0 cm³/mol. The van der Waals surface area contributed by atoms with E-state index in [1.54, 1.807) is 0 Å². The van der Waals surface area contributed by atoms with Crippen LogP contribution in [0.3, 0.4) is 0 Å². The van der Waals surface area contributed by atoms with Crippen molar-refractivity contribution in [2.75, 3.05) is 13.1 Å². The molecule has 1 aromatic carbocycles. The van der Waals surface area contributed by atoms with Crippen molar-refractivity contribution >= 4 is 0 Å². The lowest BCUT2D eigenvalue weighted by Gasteiger charge is -2.31. The van der Waals surface area contributed by atoms with E-state index in [2.05, 4.69) is 12.2 Å². The molecule has 2 nitrogen and oxygen atoms in total. The number of hydrogen-bond donors (Lipinski definition) is 2.